The number of nitrogens with zero attached hydrogens (tertiary/aromatic N) is 1. The van der Waals surface area contributed by atoms with E-state index in [1.807, 2.05) is 0 Å². The maximum atomic E-state index is 14.8. The Labute approximate surface area is 163 Å². The van der Waals surface area contributed by atoms with Crippen LogP contribution >= 0.6 is 11.6 Å². The molecule has 0 saturated heterocycles. The van der Waals surface area contributed by atoms with Crippen LogP contribution in [0.25, 0.3) is 0 Å². The molecule has 2 aliphatic rings. The minimum Gasteiger partial charge on any atom is -0.444 e. The van der Waals surface area contributed by atoms with E-state index in [2.05, 4.69) is 15.6 Å². The number of nitrogens with one attached hydrogen (secondary N) is 2. The molecule has 0 aliphatic heterocycles. The smallest absolute Gasteiger partial charge is 0.407 e. The summed E-state index contributed by atoms with van der Waals surface area (Å²) in [5.74, 6) is -0.659. The van der Waals surface area contributed by atoms with E-state index in [1.54, 1.807) is 20.8 Å². The molecule has 0 unspecified atom stereocenters. The van der Waals surface area contributed by atoms with Crippen LogP contribution in [0.2, 0.25) is 5.15 Å². The van der Waals surface area contributed by atoms with Crippen molar-refractivity contribution in [2.45, 2.75) is 77.0 Å². The summed E-state index contributed by atoms with van der Waals surface area (Å²) in [4.78, 5) is 28.1. The number of pyridine rings is 1. The highest BCUT2D eigenvalue weighted by Crippen LogP contribution is 2.34. The van der Waals surface area contributed by atoms with Crippen molar-refractivity contribution in [3.63, 3.8) is 0 Å². The lowest BCUT2D eigenvalue weighted by molar-refractivity contribution is 0.0488. The lowest BCUT2D eigenvalue weighted by atomic mass is 9.90. The zero-order valence-corrected chi connectivity index (χ0v) is 16.6. The summed E-state index contributed by atoms with van der Waals surface area (Å²) in [6, 6.07) is -0.400. The van der Waals surface area contributed by atoms with Crippen LogP contribution in [0.1, 0.15) is 68.8 Å². The SMILES string of the molecule is CC(C)(C)OC(=O)N[C@H]1CCCC[C@H]1Nc1nc(Cl)c2c(c1F)CCC2=O. The van der Waals surface area contributed by atoms with E-state index in [0.29, 0.717) is 12.0 Å². The summed E-state index contributed by atoms with van der Waals surface area (Å²) in [7, 11) is 0. The third-order valence-electron chi connectivity index (χ3n) is 4.86. The second kappa shape index (κ2) is 7.62. The average Bonchev–Trinajstić information content (AvgIpc) is 2.95. The summed E-state index contributed by atoms with van der Waals surface area (Å²) in [6.45, 7) is 5.41. The summed E-state index contributed by atoms with van der Waals surface area (Å²) < 4.78 is 20.2. The first-order chi connectivity index (χ1) is 12.7. The van der Waals surface area contributed by atoms with Crippen molar-refractivity contribution in [3.8, 4) is 0 Å². The second-order valence-corrected chi connectivity index (χ2v) is 8.49. The van der Waals surface area contributed by atoms with Crippen molar-refractivity contribution in [1.29, 1.82) is 0 Å². The van der Waals surface area contributed by atoms with Crippen LogP contribution in [0.3, 0.4) is 0 Å². The van der Waals surface area contributed by atoms with Crippen LogP contribution in [-0.2, 0) is 11.2 Å². The predicted octanol–water partition coefficient (Wildman–Crippen LogP) is 4.25. The van der Waals surface area contributed by atoms with Gasteiger partial charge in [0.25, 0.3) is 0 Å². The number of carbonyl (C=O) groups is 2. The Morgan fingerprint density at radius 3 is 2.56 bits per heavy atom. The number of anilines is 1. The molecule has 148 valence electrons. The number of Topliss-reactive ketones (excluding diaryl/α,β-unsaturated/α-hetero) is 1. The molecular formula is C19H25ClFN3O3. The molecule has 0 radical (unpaired) electrons. The van der Waals surface area contributed by atoms with Crippen LogP contribution < -0.4 is 10.6 Å². The van der Waals surface area contributed by atoms with Crippen molar-refractivity contribution < 1.29 is 18.7 Å². The topological polar surface area (TPSA) is 80.3 Å². The monoisotopic (exact) mass is 397 g/mol. The number of halogens is 2. The quantitative estimate of drug-likeness (QED) is 0.745. The minimum absolute atomic E-state index is 0.0314. The molecule has 0 aromatic carbocycles. The summed E-state index contributed by atoms with van der Waals surface area (Å²) >= 11 is 6.12. The number of alkyl carbamates (subject to hydrolysis) is 1. The first kappa shape index (κ1) is 19.9. The van der Waals surface area contributed by atoms with Gasteiger partial charge in [-0.05, 0) is 40.0 Å². The highest BCUT2D eigenvalue weighted by Gasteiger charge is 2.32. The maximum absolute atomic E-state index is 14.8. The lowest BCUT2D eigenvalue weighted by Crippen LogP contribution is -2.50. The third-order valence-corrected chi connectivity index (χ3v) is 5.14. The summed E-state index contributed by atoms with van der Waals surface area (Å²) in [5.41, 5.74) is -0.0585. The van der Waals surface area contributed by atoms with E-state index < -0.39 is 17.5 Å². The summed E-state index contributed by atoms with van der Waals surface area (Å²) in [6.07, 6.45) is 3.54. The molecule has 27 heavy (non-hydrogen) atoms. The van der Waals surface area contributed by atoms with Crippen molar-refractivity contribution in [3.05, 3.63) is 22.1 Å². The third kappa shape index (κ3) is 4.51. The summed E-state index contributed by atoms with van der Waals surface area (Å²) in [5, 5.41) is 6.01. The Bertz CT molecular complexity index is 764. The standard InChI is InChI=1S/C19H25ClFN3O3/c1-19(2,3)27-18(26)23-12-7-5-4-6-11(12)22-17-15(21)10-8-9-13(25)14(10)16(20)24-17/h11-12H,4-9H2,1-3H3,(H,22,24)(H,23,26)/t11-,12+/m1/s1. The van der Waals surface area contributed by atoms with Gasteiger partial charge in [0.15, 0.2) is 17.4 Å². The second-order valence-electron chi connectivity index (χ2n) is 8.13. The Balaban J connectivity index is 1.76. The molecule has 2 N–H and O–H groups in total. The van der Waals surface area contributed by atoms with Gasteiger partial charge in [-0.2, -0.15) is 0 Å². The van der Waals surface area contributed by atoms with E-state index in [0.717, 1.165) is 25.7 Å². The number of aromatic nitrogens is 1. The lowest BCUT2D eigenvalue weighted by Gasteiger charge is -2.34. The molecule has 6 nitrogen and oxygen atoms in total. The van der Waals surface area contributed by atoms with E-state index >= 15 is 0 Å². The molecule has 3 rings (SSSR count). The van der Waals surface area contributed by atoms with Crippen molar-refractivity contribution >= 4 is 29.3 Å². The molecule has 8 heteroatoms. The zero-order chi connectivity index (χ0) is 19.8. The van der Waals surface area contributed by atoms with Crippen molar-refractivity contribution in [2.24, 2.45) is 0 Å². The fraction of sp³-hybridized carbons (Fsp3) is 0.632. The van der Waals surface area contributed by atoms with Gasteiger partial charge < -0.3 is 15.4 Å². The molecule has 2 aliphatic carbocycles. The van der Waals surface area contributed by atoms with Crippen molar-refractivity contribution in [1.82, 2.24) is 10.3 Å². The number of ketones is 1. The Morgan fingerprint density at radius 1 is 1.22 bits per heavy atom. The number of hydrogen-bond acceptors (Lipinski definition) is 5. The highest BCUT2D eigenvalue weighted by atomic mass is 35.5. The molecule has 2 atom stereocenters. The predicted molar refractivity (Wildman–Crippen MR) is 101 cm³/mol. The Morgan fingerprint density at radius 2 is 1.89 bits per heavy atom. The van der Waals surface area contributed by atoms with Gasteiger partial charge in [-0.3, -0.25) is 4.79 Å². The van der Waals surface area contributed by atoms with Gasteiger partial charge in [0.2, 0.25) is 0 Å². The fourth-order valence-corrected chi connectivity index (χ4v) is 3.97. The van der Waals surface area contributed by atoms with E-state index in [1.165, 1.54) is 0 Å². The van der Waals surface area contributed by atoms with Gasteiger partial charge in [-0.25, -0.2) is 14.2 Å². The van der Waals surface area contributed by atoms with Crippen LogP contribution in [0.5, 0.6) is 0 Å². The van der Waals surface area contributed by atoms with Gasteiger partial charge in [0.05, 0.1) is 11.6 Å². The van der Waals surface area contributed by atoms with Gasteiger partial charge in [0, 0.05) is 18.0 Å². The number of amides is 1. The number of ether oxygens (including phenoxy) is 1. The van der Waals surface area contributed by atoms with E-state index in [-0.39, 0.29) is 40.8 Å². The Kier molecular flexibility index (Phi) is 5.60. The normalized spacial score (nSPS) is 22.3. The van der Waals surface area contributed by atoms with E-state index in [9.17, 15) is 14.0 Å². The highest BCUT2D eigenvalue weighted by molar-refractivity contribution is 6.33. The van der Waals surface area contributed by atoms with Crippen LogP contribution in [0.15, 0.2) is 0 Å². The van der Waals surface area contributed by atoms with Crippen LogP contribution in [0, 0.1) is 5.82 Å². The van der Waals surface area contributed by atoms with Crippen LogP contribution in [0.4, 0.5) is 15.0 Å². The maximum Gasteiger partial charge on any atom is 0.407 e. The molecule has 0 spiro atoms. The molecule has 1 fully saturated rings. The van der Waals surface area contributed by atoms with Crippen molar-refractivity contribution in [2.75, 3.05) is 5.32 Å². The fourth-order valence-electron chi connectivity index (χ4n) is 3.67. The Hall–Kier alpha value is -1.89. The van der Waals surface area contributed by atoms with Gasteiger partial charge in [-0.1, -0.05) is 24.4 Å². The first-order valence-corrected chi connectivity index (χ1v) is 9.70. The van der Waals surface area contributed by atoms with Gasteiger partial charge in [0.1, 0.15) is 10.8 Å². The minimum atomic E-state index is -0.588. The molecular weight excluding hydrogens is 373 g/mol. The van der Waals surface area contributed by atoms with Gasteiger partial charge in [-0.15, -0.1) is 0 Å². The molecule has 1 amide bonds. The average molecular weight is 398 g/mol. The molecule has 1 aromatic heterocycles. The number of rotatable bonds is 3. The van der Waals surface area contributed by atoms with E-state index in [4.69, 9.17) is 16.3 Å². The molecule has 1 heterocycles. The number of hydrogen-bond donors (Lipinski definition) is 2. The first-order valence-electron chi connectivity index (χ1n) is 9.33. The number of carbonyl (C=O) groups excluding carboxylic acids is 2. The number of fused-ring (bicyclic) bond motifs is 1. The van der Waals surface area contributed by atoms with Crippen LogP contribution in [-0.4, -0.2) is 34.5 Å². The molecule has 1 aromatic rings. The molecule has 1 saturated carbocycles. The largest absolute Gasteiger partial charge is 0.444 e. The molecule has 0 bridgehead atoms. The van der Waals surface area contributed by atoms with Gasteiger partial charge >= 0.3 is 6.09 Å². The zero-order valence-electron chi connectivity index (χ0n) is 15.8.